The second-order valence-electron chi connectivity index (χ2n) is 9.19. The average molecular weight is 515 g/mol. The number of anilines is 2. The molecule has 3 fully saturated rings. The van der Waals surface area contributed by atoms with Gasteiger partial charge in [0.1, 0.15) is 5.54 Å². The minimum Gasteiger partial charge on any atom is -0.324 e. The number of halogens is 2. The van der Waals surface area contributed by atoms with E-state index >= 15 is 0 Å². The van der Waals surface area contributed by atoms with Crippen LogP contribution in [-0.4, -0.2) is 35.2 Å². The van der Waals surface area contributed by atoms with Crippen molar-refractivity contribution in [2.75, 3.05) is 16.8 Å². The fraction of sp³-hybridized carbons (Fsp3) is 0.375. The van der Waals surface area contributed by atoms with Crippen molar-refractivity contribution in [1.29, 1.82) is 0 Å². The Balaban J connectivity index is 1.57. The lowest BCUT2D eigenvalue weighted by Crippen LogP contribution is -2.54. The molecule has 0 aromatic heterocycles. The van der Waals surface area contributed by atoms with Gasteiger partial charge in [0, 0.05) is 21.1 Å². The number of rotatable bonds is 1. The molecule has 6 nitrogen and oxygen atoms in total. The molecule has 3 saturated heterocycles. The van der Waals surface area contributed by atoms with Crippen LogP contribution in [0.1, 0.15) is 29.5 Å². The van der Waals surface area contributed by atoms with E-state index in [1.807, 2.05) is 32.0 Å². The first kappa shape index (κ1) is 20.4. The summed E-state index contributed by atoms with van der Waals surface area (Å²) < 4.78 is 0.690. The molecule has 0 radical (unpaired) electrons. The first-order chi connectivity index (χ1) is 15.3. The number of carbonyl (C=O) groups excluding carboxylic acids is 3. The molecule has 8 heteroatoms. The SMILES string of the molecule is Cc1ccc(N2C(=O)[C@@H]3[C@@H]4CCCN4[C@]4(C(=O)Nc5c4ccc(Cl)c5C)[C@H]3C2=O)c(Br)c1. The average Bonchev–Trinajstić information content (AvgIpc) is 3.45. The normalized spacial score (nSPS) is 30.8. The number of benzene rings is 2. The predicted octanol–water partition coefficient (Wildman–Crippen LogP) is 4.15. The van der Waals surface area contributed by atoms with Crippen LogP contribution in [0.25, 0.3) is 0 Å². The summed E-state index contributed by atoms with van der Waals surface area (Å²) in [4.78, 5) is 44.9. The number of hydrogen-bond acceptors (Lipinski definition) is 4. The highest BCUT2D eigenvalue weighted by atomic mass is 79.9. The molecule has 4 aliphatic rings. The number of nitrogens with zero attached hydrogens (tertiary/aromatic N) is 2. The molecule has 0 bridgehead atoms. The third kappa shape index (κ3) is 2.27. The molecule has 2 aromatic rings. The molecule has 32 heavy (non-hydrogen) atoms. The summed E-state index contributed by atoms with van der Waals surface area (Å²) >= 11 is 9.87. The van der Waals surface area contributed by atoms with Gasteiger partial charge < -0.3 is 5.32 Å². The van der Waals surface area contributed by atoms with Crippen molar-refractivity contribution >= 4 is 56.6 Å². The summed E-state index contributed by atoms with van der Waals surface area (Å²) in [6.45, 7) is 4.50. The molecule has 1 spiro atoms. The summed E-state index contributed by atoms with van der Waals surface area (Å²) in [5, 5.41) is 3.58. The molecule has 2 aromatic carbocycles. The van der Waals surface area contributed by atoms with E-state index in [4.69, 9.17) is 11.6 Å². The molecular formula is C24H21BrClN3O3. The number of nitrogens with one attached hydrogen (secondary N) is 1. The third-order valence-corrected chi connectivity index (χ3v) is 8.75. The summed E-state index contributed by atoms with van der Waals surface area (Å²) in [6, 6.07) is 9.06. The molecule has 3 amide bonds. The second-order valence-corrected chi connectivity index (χ2v) is 10.5. The second kappa shape index (κ2) is 6.65. The van der Waals surface area contributed by atoms with E-state index in [2.05, 4.69) is 26.1 Å². The highest BCUT2D eigenvalue weighted by molar-refractivity contribution is 9.10. The Morgan fingerprint density at radius 1 is 1.12 bits per heavy atom. The standard InChI is InChI=1S/C24H21BrClN3O3/c1-11-5-8-16(14(25)10-11)29-21(30)18-17-4-3-9-28(17)24(19(18)22(29)31)13-6-7-15(26)12(2)20(13)27-23(24)32/h5-8,10,17-19H,3-4,9H2,1-2H3,(H,27,32)/t17-,18+,19+,24-/m0/s1. The van der Waals surface area contributed by atoms with Gasteiger partial charge in [-0.2, -0.15) is 0 Å². The van der Waals surface area contributed by atoms with Crippen molar-refractivity contribution in [2.45, 2.75) is 38.3 Å². The summed E-state index contributed by atoms with van der Waals surface area (Å²) in [7, 11) is 0. The van der Waals surface area contributed by atoms with Crippen molar-refractivity contribution in [3.63, 3.8) is 0 Å². The topological polar surface area (TPSA) is 69.7 Å². The monoisotopic (exact) mass is 513 g/mol. The van der Waals surface area contributed by atoms with Crippen LogP contribution in [-0.2, 0) is 19.9 Å². The van der Waals surface area contributed by atoms with Crippen LogP contribution in [0.3, 0.4) is 0 Å². The van der Waals surface area contributed by atoms with Gasteiger partial charge >= 0.3 is 0 Å². The number of carbonyl (C=O) groups is 3. The lowest BCUT2D eigenvalue weighted by atomic mass is 9.75. The Morgan fingerprint density at radius 2 is 1.91 bits per heavy atom. The van der Waals surface area contributed by atoms with Gasteiger partial charge in [-0.15, -0.1) is 0 Å². The van der Waals surface area contributed by atoms with Crippen LogP contribution in [0.2, 0.25) is 5.02 Å². The maximum absolute atomic E-state index is 14.0. The summed E-state index contributed by atoms with van der Waals surface area (Å²) in [6.07, 6.45) is 1.68. The molecule has 4 heterocycles. The van der Waals surface area contributed by atoms with Crippen LogP contribution in [0, 0.1) is 25.7 Å². The number of amides is 3. The van der Waals surface area contributed by atoms with Crippen molar-refractivity contribution in [3.05, 3.63) is 56.5 Å². The fourth-order valence-corrected chi connectivity index (χ4v) is 7.25. The van der Waals surface area contributed by atoms with E-state index in [-0.39, 0.29) is 23.8 Å². The Kier molecular flexibility index (Phi) is 4.24. The van der Waals surface area contributed by atoms with Crippen molar-refractivity contribution in [1.82, 2.24) is 4.90 Å². The summed E-state index contributed by atoms with van der Waals surface area (Å²) in [5.74, 6) is -2.08. The van der Waals surface area contributed by atoms with Crippen LogP contribution in [0.15, 0.2) is 34.8 Å². The van der Waals surface area contributed by atoms with Crippen LogP contribution in [0.5, 0.6) is 0 Å². The van der Waals surface area contributed by atoms with Crippen molar-refractivity contribution < 1.29 is 14.4 Å². The minimum absolute atomic E-state index is 0.140. The lowest BCUT2D eigenvalue weighted by molar-refractivity contribution is -0.135. The van der Waals surface area contributed by atoms with Gasteiger partial charge in [0.05, 0.1) is 23.2 Å². The van der Waals surface area contributed by atoms with Gasteiger partial charge in [0.25, 0.3) is 0 Å². The van der Waals surface area contributed by atoms with Gasteiger partial charge in [-0.1, -0.05) is 23.7 Å². The number of aryl methyl sites for hydroxylation is 1. The van der Waals surface area contributed by atoms with Gasteiger partial charge in [-0.05, 0) is 78.5 Å². The highest BCUT2D eigenvalue weighted by Gasteiger charge is 2.74. The number of hydrogen-bond donors (Lipinski definition) is 1. The molecule has 0 aliphatic carbocycles. The maximum Gasteiger partial charge on any atom is 0.250 e. The smallest absolute Gasteiger partial charge is 0.250 e. The van der Waals surface area contributed by atoms with Gasteiger partial charge in [-0.25, -0.2) is 4.90 Å². The molecule has 4 atom stereocenters. The van der Waals surface area contributed by atoms with E-state index in [0.717, 1.165) is 29.5 Å². The molecule has 4 aliphatic heterocycles. The molecule has 0 saturated carbocycles. The highest BCUT2D eigenvalue weighted by Crippen LogP contribution is 2.61. The third-order valence-electron chi connectivity index (χ3n) is 7.71. The first-order valence-electron chi connectivity index (χ1n) is 10.8. The van der Waals surface area contributed by atoms with Crippen LogP contribution in [0.4, 0.5) is 11.4 Å². The van der Waals surface area contributed by atoms with Crippen molar-refractivity contribution in [3.8, 4) is 0 Å². The zero-order valence-corrected chi connectivity index (χ0v) is 20.0. The van der Waals surface area contributed by atoms with E-state index < -0.39 is 17.4 Å². The Bertz CT molecular complexity index is 1250. The minimum atomic E-state index is -1.19. The molecule has 0 unspecified atom stereocenters. The van der Waals surface area contributed by atoms with E-state index in [9.17, 15) is 14.4 Å². The lowest BCUT2D eigenvalue weighted by Gasteiger charge is -2.36. The van der Waals surface area contributed by atoms with E-state index in [1.165, 1.54) is 4.90 Å². The largest absolute Gasteiger partial charge is 0.324 e. The maximum atomic E-state index is 14.0. The van der Waals surface area contributed by atoms with Gasteiger partial charge in [0.15, 0.2) is 0 Å². The van der Waals surface area contributed by atoms with E-state index in [0.29, 0.717) is 27.4 Å². The van der Waals surface area contributed by atoms with E-state index in [1.54, 1.807) is 12.1 Å². The summed E-state index contributed by atoms with van der Waals surface area (Å²) in [5.41, 5.74) is 2.58. The quantitative estimate of drug-likeness (QED) is 0.581. The fourth-order valence-electron chi connectivity index (χ4n) is 6.42. The predicted molar refractivity (Wildman–Crippen MR) is 125 cm³/mol. The molecule has 6 rings (SSSR count). The Morgan fingerprint density at radius 3 is 2.66 bits per heavy atom. The number of fused-ring (bicyclic) bond motifs is 7. The van der Waals surface area contributed by atoms with Crippen LogP contribution < -0.4 is 10.2 Å². The molecule has 1 N–H and O–H groups in total. The van der Waals surface area contributed by atoms with Gasteiger partial charge in [0.2, 0.25) is 17.7 Å². The number of imide groups is 1. The molecular weight excluding hydrogens is 494 g/mol. The Labute approximate surface area is 199 Å². The van der Waals surface area contributed by atoms with Crippen molar-refractivity contribution in [2.24, 2.45) is 11.8 Å². The zero-order chi connectivity index (χ0) is 22.5. The Hall–Kier alpha value is -2.22. The van der Waals surface area contributed by atoms with Gasteiger partial charge in [-0.3, -0.25) is 19.3 Å². The zero-order valence-electron chi connectivity index (χ0n) is 17.6. The molecule has 164 valence electrons. The van der Waals surface area contributed by atoms with Crippen LogP contribution >= 0.6 is 27.5 Å². The first-order valence-corrected chi connectivity index (χ1v) is 12.0.